The van der Waals surface area contributed by atoms with E-state index in [1.807, 2.05) is 12.4 Å². The first-order valence-corrected chi connectivity index (χ1v) is 7.33. The van der Waals surface area contributed by atoms with Crippen molar-refractivity contribution < 1.29 is 0 Å². The second kappa shape index (κ2) is 4.29. The molecular formula is C20H17N. The van der Waals surface area contributed by atoms with Gasteiger partial charge in [0.15, 0.2) is 0 Å². The van der Waals surface area contributed by atoms with Crippen LogP contribution < -0.4 is 0 Å². The second-order valence-electron chi connectivity index (χ2n) is 6.13. The molecule has 4 rings (SSSR count). The Hall–Kier alpha value is -2.41. The Bertz CT molecular complexity index is 816. The molecule has 1 nitrogen and oxygen atoms in total. The lowest BCUT2D eigenvalue weighted by molar-refractivity contribution is 0.662. The number of hydrogen-bond acceptors (Lipinski definition) is 1. The molecule has 1 aliphatic carbocycles. The maximum Gasteiger partial charge on any atom is 0.0273 e. The van der Waals surface area contributed by atoms with Crippen LogP contribution in [0.2, 0.25) is 0 Å². The summed E-state index contributed by atoms with van der Waals surface area (Å²) in [6, 6.07) is 19.6. The predicted molar refractivity (Wildman–Crippen MR) is 87.2 cm³/mol. The normalized spacial score (nSPS) is 14.6. The summed E-state index contributed by atoms with van der Waals surface area (Å²) in [5.41, 5.74) is 8.17. The Kier molecular flexibility index (Phi) is 2.52. The number of aromatic nitrogens is 1. The van der Waals surface area contributed by atoms with Gasteiger partial charge in [0.25, 0.3) is 0 Å². The molecule has 0 saturated carbocycles. The highest BCUT2D eigenvalue weighted by atomic mass is 14.6. The third kappa shape index (κ3) is 1.67. The standard InChI is InChI=1S/C20H17N/c1-20(2)18-9-4-3-6-16(18)17-8-5-7-15(19(17)20)14-10-12-21-13-11-14/h3-13H,1-2H3. The van der Waals surface area contributed by atoms with Gasteiger partial charge in [-0.1, -0.05) is 56.3 Å². The topological polar surface area (TPSA) is 12.9 Å². The number of hydrogen-bond donors (Lipinski definition) is 0. The fourth-order valence-corrected chi connectivity index (χ4v) is 3.62. The van der Waals surface area contributed by atoms with Gasteiger partial charge in [0, 0.05) is 17.8 Å². The maximum atomic E-state index is 4.14. The maximum absolute atomic E-state index is 4.14. The monoisotopic (exact) mass is 271 g/mol. The van der Waals surface area contributed by atoms with Gasteiger partial charge in [-0.25, -0.2) is 0 Å². The van der Waals surface area contributed by atoms with Crippen molar-refractivity contribution in [1.82, 2.24) is 4.98 Å². The van der Waals surface area contributed by atoms with E-state index >= 15 is 0 Å². The number of pyridine rings is 1. The summed E-state index contributed by atoms with van der Waals surface area (Å²) < 4.78 is 0. The van der Waals surface area contributed by atoms with E-state index in [0.29, 0.717) is 0 Å². The van der Waals surface area contributed by atoms with E-state index in [9.17, 15) is 0 Å². The van der Waals surface area contributed by atoms with E-state index in [1.54, 1.807) is 0 Å². The van der Waals surface area contributed by atoms with E-state index in [4.69, 9.17) is 0 Å². The first-order chi connectivity index (χ1) is 10.2. The molecule has 0 amide bonds. The summed E-state index contributed by atoms with van der Waals surface area (Å²) in [4.78, 5) is 4.14. The molecule has 1 heteroatoms. The number of fused-ring (bicyclic) bond motifs is 3. The van der Waals surface area contributed by atoms with Crippen molar-refractivity contribution >= 4 is 0 Å². The molecule has 0 radical (unpaired) electrons. The first kappa shape index (κ1) is 12.3. The van der Waals surface area contributed by atoms with Crippen LogP contribution in [-0.4, -0.2) is 4.98 Å². The SMILES string of the molecule is CC1(C)c2ccccc2-c2cccc(-c3ccncc3)c21. The molecule has 0 atom stereocenters. The molecule has 21 heavy (non-hydrogen) atoms. The summed E-state index contributed by atoms with van der Waals surface area (Å²) in [6.07, 6.45) is 3.73. The van der Waals surface area contributed by atoms with Crippen molar-refractivity contribution in [3.05, 3.63) is 78.1 Å². The lowest BCUT2D eigenvalue weighted by atomic mass is 9.79. The quantitative estimate of drug-likeness (QED) is 0.603. The van der Waals surface area contributed by atoms with Crippen molar-refractivity contribution in [3.8, 4) is 22.3 Å². The smallest absolute Gasteiger partial charge is 0.0273 e. The van der Waals surface area contributed by atoms with Gasteiger partial charge >= 0.3 is 0 Å². The molecule has 0 saturated heterocycles. The van der Waals surface area contributed by atoms with Crippen LogP contribution in [0.5, 0.6) is 0 Å². The summed E-state index contributed by atoms with van der Waals surface area (Å²) in [5.74, 6) is 0. The van der Waals surface area contributed by atoms with E-state index in [-0.39, 0.29) is 5.41 Å². The van der Waals surface area contributed by atoms with Crippen molar-refractivity contribution in [3.63, 3.8) is 0 Å². The van der Waals surface area contributed by atoms with Crippen molar-refractivity contribution in [2.75, 3.05) is 0 Å². The van der Waals surface area contributed by atoms with Gasteiger partial charge in [0.2, 0.25) is 0 Å². The van der Waals surface area contributed by atoms with Crippen LogP contribution in [0.3, 0.4) is 0 Å². The van der Waals surface area contributed by atoms with E-state index < -0.39 is 0 Å². The van der Waals surface area contributed by atoms with Crippen LogP contribution in [0.1, 0.15) is 25.0 Å². The Morgan fingerprint density at radius 1 is 0.714 bits per heavy atom. The van der Waals surface area contributed by atoms with Gasteiger partial charge in [-0.2, -0.15) is 0 Å². The average molecular weight is 271 g/mol. The number of nitrogens with zero attached hydrogens (tertiary/aromatic N) is 1. The Morgan fingerprint density at radius 2 is 1.38 bits per heavy atom. The minimum absolute atomic E-state index is 0.0335. The zero-order valence-electron chi connectivity index (χ0n) is 12.3. The predicted octanol–water partition coefficient (Wildman–Crippen LogP) is 5.05. The average Bonchev–Trinajstić information content (AvgIpc) is 2.77. The van der Waals surface area contributed by atoms with Crippen LogP contribution in [0, 0.1) is 0 Å². The highest BCUT2D eigenvalue weighted by Gasteiger charge is 2.36. The first-order valence-electron chi connectivity index (χ1n) is 7.33. The Balaban J connectivity index is 2.06. The highest BCUT2D eigenvalue weighted by molar-refractivity contribution is 5.87. The van der Waals surface area contributed by atoms with E-state index in [1.165, 1.54) is 33.4 Å². The van der Waals surface area contributed by atoms with Crippen molar-refractivity contribution in [2.24, 2.45) is 0 Å². The Labute approximate surface area is 125 Å². The lowest BCUT2D eigenvalue weighted by Crippen LogP contribution is -2.16. The molecule has 1 heterocycles. The zero-order chi connectivity index (χ0) is 14.4. The molecule has 2 aromatic carbocycles. The number of benzene rings is 2. The van der Waals surface area contributed by atoms with Crippen LogP contribution in [0.15, 0.2) is 67.0 Å². The summed E-state index contributed by atoms with van der Waals surface area (Å²) in [7, 11) is 0. The summed E-state index contributed by atoms with van der Waals surface area (Å²) in [5, 5.41) is 0. The van der Waals surface area contributed by atoms with E-state index in [0.717, 1.165) is 0 Å². The van der Waals surface area contributed by atoms with Crippen LogP contribution >= 0.6 is 0 Å². The van der Waals surface area contributed by atoms with Gasteiger partial charge in [-0.3, -0.25) is 4.98 Å². The van der Waals surface area contributed by atoms with Crippen LogP contribution in [-0.2, 0) is 5.41 Å². The van der Waals surface area contributed by atoms with Crippen molar-refractivity contribution in [1.29, 1.82) is 0 Å². The summed E-state index contributed by atoms with van der Waals surface area (Å²) in [6.45, 7) is 4.64. The van der Waals surface area contributed by atoms with Gasteiger partial charge in [0.1, 0.15) is 0 Å². The molecule has 1 aromatic heterocycles. The van der Waals surface area contributed by atoms with E-state index in [2.05, 4.69) is 73.4 Å². The summed E-state index contributed by atoms with van der Waals surface area (Å²) >= 11 is 0. The molecule has 0 N–H and O–H groups in total. The molecule has 102 valence electrons. The van der Waals surface area contributed by atoms with Gasteiger partial charge in [-0.05, 0) is 45.5 Å². The minimum Gasteiger partial charge on any atom is -0.265 e. The number of rotatable bonds is 1. The second-order valence-corrected chi connectivity index (χ2v) is 6.13. The van der Waals surface area contributed by atoms with Crippen LogP contribution in [0.25, 0.3) is 22.3 Å². The van der Waals surface area contributed by atoms with Crippen molar-refractivity contribution in [2.45, 2.75) is 19.3 Å². The van der Waals surface area contributed by atoms with Crippen LogP contribution in [0.4, 0.5) is 0 Å². The Morgan fingerprint density at radius 3 is 2.19 bits per heavy atom. The van der Waals surface area contributed by atoms with Gasteiger partial charge < -0.3 is 0 Å². The highest BCUT2D eigenvalue weighted by Crippen LogP contribution is 2.51. The fraction of sp³-hybridized carbons (Fsp3) is 0.150. The third-order valence-corrected chi connectivity index (χ3v) is 4.57. The largest absolute Gasteiger partial charge is 0.265 e. The lowest BCUT2D eigenvalue weighted by Gasteiger charge is -2.24. The van der Waals surface area contributed by atoms with Gasteiger partial charge in [-0.15, -0.1) is 0 Å². The third-order valence-electron chi connectivity index (χ3n) is 4.57. The molecule has 1 aliphatic rings. The minimum atomic E-state index is 0.0335. The molecular weight excluding hydrogens is 254 g/mol. The molecule has 0 fully saturated rings. The molecule has 0 aliphatic heterocycles. The van der Waals surface area contributed by atoms with Gasteiger partial charge in [0.05, 0.1) is 0 Å². The molecule has 0 bridgehead atoms. The zero-order valence-corrected chi connectivity index (χ0v) is 12.3. The molecule has 0 spiro atoms. The fourth-order valence-electron chi connectivity index (χ4n) is 3.62. The molecule has 0 unspecified atom stereocenters. The molecule has 3 aromatic rings.